The van der Waals surface area contributed by atoms with Gasteiger partial charge in [0.25, 0.3) is 0 Å². The number of benzene rings is 1. The van der Waals surface area contributed by atoms with Gasteiger partial charge in [0.2, 0.25) is 0 Å². The van der Waals surface area contributed by atoms with Gasteiger partial charge in [-0.05, 0) is 36.9 Å². The van der Waals surface area contributed by atoms with Gasteiger partial charge in [-0.3, -0.25) is 0 Å². The Labute approximate surface area is 117 Å². The van der Waals surface area contributed by atoms with Crippen molar-refractivity contribution in [2.45, 2.75) is 38.5 Å². The van der Waals surface area contributed by atoms with Gasteiger partial charge >= 0.3 is 0 Å². The van der Waals surface area contributed by atoms with Crippen LogP contribution in [-0.4, -0.2) is 27.0 Å². The number of aryl methyl sites for hydroxylation is 1. The lowest BCUT2D eigenvalue weighted by Crippen LogP contribution is -2.27. The molecule has 0 aliphatic rings. The maximum Gasteiger partial charge on any atom is 0.148 e. The first-order valence-electron chi connectivity index (χ1n) is 6.72. The van der Waals surface area contributed by atoms with Gasteiger partial charge in [-0.25, -0.2) is 8.42 Å². The molecule has 0 bridgehead atoms. The molecule has 1 rings (SSSR count). The zero-order valence-corrected chi connectivity index (χ0v) is 13.0. The third kappa shape index (κ3) is 5.74. The fourth-order valence-electron chi connectivity index (χ4n) is 2.33. The van der Waals surface area contributed by atoms with E-state index >= 15 is 0 Å². The second-order valence-electron chi connectivity index (χ2n) is 5.90. The second kappa shape index (κ2) is 6.53. The van der Waals surface area contributed by atoms with E-state index in [0.717, 1.165) is 31.4 Å². The van der Waals surface area contributed by atoms with E-state index in [-0.39, 0.29) is 11.2 Å². The van der Waals surface area contributed by atoms with Crippen LogP contribution in [0.1, 0.15) is 37.8 Å². The zero-order valence-electron chi connectivity index (χ0n) is 12.1. The van der Waals surface area contributed by atoms with Gasteiger partial charge < -0.3 is 5.73 Å². The summed E-state index contributed by atoms with van der Waals surface area (Å²) in [6.45, 7) is 4.68. The number of hydrogen-bond donors (Lipinski definition) is 1. The number of rotatable bonds is 7. The number of nitrogens with two attached hydrogens (primary N) is 1. The molecule has 0 spiro atoms. The van der Waals surface area contributed by atoms with Crippen LogP contribution in [-0.2, 0) is 21.7 Å². The molecule has 0 radical (unpaired) electrons. The van der Waals surface area contributed by atoms with Crippen molar-refractivity contribution >= 4 is 9.84 Å². The van der Waals surface area contributed by atoms with Crippen LogP contribution >= 0.6 is 0 Å². The highest BCUT2D eigenvalue weighted by Crippen LogP contribution is 2.25. The molecule has 0 saturated carbocycles. The van der Waals surface area contributed by atoms with Gasteiger partial charge in [0.15, 0.2) is 0 Å². The summed E-state index contributed by atoms with van der Waals surface area (Å²) in [5, 5.41) is 0. The average Bonchev–Trinajstić information content (AvgIpc) is 2.27. The van der Waals surface area contributed by atoms with E-state index in [2.05, 4.69) is 12.1 Å². The fourth-order valence-corrected chi connectivity index (χ4v) is 3.81. The third-order valence-electron chi connectivity index (χ3n) is 3.28. The Morgan fingerprint density at radius 2 is 1.68 bits per heavy atom. The first-order chi connectivity index (χ1) is 8.74. The largest absolute Gasteiger partial charge is 0.330 e. The molecule has 0 aromatic heterocycles. The van der Waals surface area contributed by atoms with Gasteiger partial charge in [0, 0.05) is 11.7 Å². The SMILES string of the molecule is CC(C)(CS(C)(=O)=O)c1ccc(CCCCN)cc1. The van der Waals surface area contributed by atoms with Gasteiger partial charge in [-0.15, -0.1) is 0 Å². The van der Waals surface area contributed by atoms with E-state index in [4.69, 9.17) is 5.73 Å². The Morgan fingerprint density at radius 1 is 1.11 bits per heavy atom. The lowest BCUT2D eigenvalue weighted by Gasteiger charge is -2.24. The Morgan fingerprint density at radius 3 is 2.16 bits per heavy atom. The molecule has 0 aliphatic heterocycles. The highest BCUT2D eigenvalue weighted by atomic mass is 32.2. The van der Waals surface area contributed by atoms with Crippen molar-refractivity contribution in [2.75, 3.05) is 18.6 Å². The summed E-state index contributed by atoms with van der Waals surface area (Å²) in [5.74, 6) is 0.173. The monoisotopic (exact) mass is 283 g/mol. The van der Waals surface area contributed by atoms with Gasteiger partial charge in [-0.1, -0.05) is 38.1 Å². The topological polar surface area (TPSA) is 60.2 Å². The second-order valence-corrected chi connectivity index (χ2v) is 8.04. The maximum absolute atomic E-state index is 11.4. The van der Waals surface area contributed by atoms with Crippen LogP contribution in [0.3, 0.4) is 0 Å². The number of sulfone groups is 1. The fraction of sp³-hybridized carbons (Fsp3) is 0.600. The lowest BCUT2D eigenvalue weighted by molar-refractivity contribution is 0.552. The average molecular weight is 283 g/mol. The van der Waals surface area contributed by atoms with E-state index in [1.54, 1.807) is 0 Å². The summed E-state index contributed by atoms with van der Waals surface area (Å²) in [6, 6.07) is 8.28. The predicted octanol–water partition coefficient (Wildman–Crippen LogP) is 2.29. The van der Waals surface area contributed by atoms with E-state index in [1.165, 1.54) is 11.8 Å². The summed E-state index contributed by atoms with van der Waals surface area (Å²) in [5.41, 5.74) is 7.49. The molecular weight excluding hydrogens is 258 g/mol. The quantitative estimate of drug-likeness (QED) is 0.781. The first-order valence-corrected chi connectivity index (χ1v) is 8.78. The van der Waals surface area contributed by atoms with Crippen molar-refractivity contribution in [2.24, 2.45) is 5.73 Å². The standard InChI is InChI=1S/C15H25NO2S/c1-15(2,12-19(3,17)18)14-9-7-13(8-10-14)6-4-5-11-16/h7-10H,4-6,11-12,16H2,1-3H3. The maximum atomic E-state index is 11.4. The zero-order chi connectivity index (χ0) is 14.5. The Balaban J connectivity index is 2.75. The van der Waals surface area contributed by atoms with Gasteiger partial charge in [0.1, 0.15) is 9.84 Å². The molecule has 4 heteroatoms. The summed E-state index contributed by atoms with van der Waals surface area (Å²) >= 11 is 0. The van der Waals surface area contributed by atoms with Gasteiger partial charge in [0.05, 0.1) is 5.75 Å². The molecule has 19 heavy (non-hydrogen) atoms. The van der Waals surface area contributed by atoms with E-state index in [1.807, 2.05) is 26.0 Å². The molecule has 0 heterocycles. The molecule has 0 saturated heterocycles. The minimum absolute atomic E-state index is 0.173. The molecular formula is C15H25NO2S. The van der Waals surface area contributed by atoms with Crippen LogP contribution in [0.5, 0.6) is 0 Å². The van der Waals surface area contributed by atoms with Crippen molar-refractivity contribution in [3.63, 3.8) is 0 Å². The first kappa shape index (κ1) is 16.2. The summed E-state index contributed by atoms with van der Waals surface area (Å²) in [6.07, 6.45) is 4.46. The van der Waals surface area contributed by atoms with Crippen LogP contribution in [0.15, 0.2) is 24.3 Å². The van der Waals surface area contributed by atoms with Crippen molar-refractivity contribution in [3.05, 3.63) is 35.4 Å². The molecule has 0 unspecified atom stereocenters. The summed E-state index contributed by atoms with van der Waals surface area (Å²) in [7, 11) is -2.97. The van der Waals surface area contributed by atoms with E-state index in [0.29, 0.717) is 0 Å². The van der Waals surface area contributed by atoms with Crippen LogP contribution in [0.25, 0.3) is 0 Å². The molecule has 3 nitrogen and oxygen atoms in total. The van der Waals surface area contributed by atoms with Crippen LogP contribution in [0.2, 0.25) is 0 Å². The Kier molecular flexibility index (Phi) is 5.56. The predicted molar refractivity (Wildman–Crippen MR) is 81.2 cm³/mol. The Hall–Kier alpha value is -0.870. The highest BCUT2D eigenvalue weighted by molar-refractivity contribution is 7.90. The number of unbranched alkanes of at least 4 members (excludes halogenated alkanes) is 1. The molecule has 0 amide bonds. The molecule has 0 aliphatic carbocycles. The normalized spacial score (nSPS) is 12.6. The van der Waals surface area contributed by atoms with Crippen molar-refractivity contribution in [1.82, 2.24) is 0 Å². The third-order valence-corrected chi connectivity index (χ3v) is 4.52. The molecule has 1 aromatic carbocycles. The minimum atomic E-state index is -2.97. The highest BCUT2D eigenvalue weighted by Gasteiger charge is 2.25. The molecule has 0 atom stereocenters. The van der Waals surface area contributed by atoms with Gasteiger partial charge in [-0.2, -0.15) is 0 Å². The smallest absolute Gasteiger partial charge is 0.148 e. The van der Waals surface area contributed by atoms with Crippen molar-refractivity contribution < 1.29 is 8.42 Å². The summed E-state index contributed by atoms with van der Waals surface area (Å²) in [4.78, 5) is 0. The molecule has 0 fully saturated rings. The van der Waals surface area contributed by atoms with Crippen LogP contribution < -0.4 is 5.73 Å². The van der Waals surface area contributed by atoms with Crippen molar-refractivity contribution in [3.8, 4) is 0 Å². The molecule has 2 N–H and O–H groups in total. The van der Waals surface area contributed by atoms with E-state index in [9.17, 15) is 8.42 Å². The molecule has 108 valence electrons. The minimum Gasteiger partial charge on any atom is -0.330 e. The van der Waals surface area contributed by atoms with E-state index < -0.39 is 9.84 Å². The van der Waals surface area contributed by atoms with Crippen LogP contribution in [0.4, 0.5) is 0 Å². The van der Waals surface area contributed by atoms with Crippen LogP contribution in [0, 0.1) is 0 Å². The lowest BCUT2D eigenvalue weighted by atomic mass is 9.86. The summed E-state index contributed by atoms with van der Waals surface area (Å²) < 4.78 is 22.9. The number of hydrogen-bond acceptors (Lipinski definition) is 3. The molecule has 1 aromatic rings. The van der Waals surface area contributed by atoms with Crippen molar-refractivity contribution in [1.29, 1.82) is 0 Å². The Bertz CT molecular complexity index is 489.